The molecule has 0 saturated heterocycles. The highest BCUT2D eigenvalue weighted by Gasteiger charge is 2.21. The fraction of sp³-hybridized carbons (Fsp3) is 0.538. The Morgan fingerprint density at radius 2 is 2.05 bits per heavy atom. The Hall–Kier alpha value is -1.53. The predicted molar refractivity (Wildman–Crippen MR) is 70.3 cm³/mol. The zero-order chi connectivity index (χ0) is 14.5. The van der Waals surface area contributed by atoms with Gasteiger partial charge in [-0.15, -0.1) is 0 Å². The fourth-order valence-corrected chi connectivity index (χ4v) is 1.75. The van der Waals surface area contributed by atoms with Crippen molar-refractivity contribution >= 4 is 5.69 Å². The van der Waals surface area contributed by atoms with Gasteiger partial charge in [0.2, 0.25) is 5.82 Å². The summed E-state index contributed by atoms with van der Waals surface area (Å²) in [7, 11) is 0. The van der Waals surface area contributed by atoms with E-state index in [4.69, 9.17) is 0 Å². The third-order valence-electron chi connectivity index (χ3n) is 3.31. The molecule has 0 heterocycles. The average Bonchev–Trinajstić information content (AvgIpc) is 2.38. The molecule has 1 rings (SSSR count). The van der Waals surface area contributed by atoms with Gasteiger partial charge in [0.25, 0.3) is 0 Å². The van der Waals surface area contributed by atoms with E-state index in [0.717, 1.165) is 12.1 Å². The number of halogens is 1. The van der Waals surface area contributed by atoms with Crippen molar-refractivity contribution in [3.8, 4) is 0 Å². The zero-order valence-electron chi connectivity index (χ0n) is 11.1. The lowest BCUT2D eigenvalue weighted by atomic mass is 9.97. The van der Waals surface area contributed by atoms with Crippen molar-refractivity contribution in [1.29, 1.82) is 0 Å². The summed E-state index contributed by atoms with van der Waals surface area (Å²) >= 11 is 0. The second-order valence-electron chi connectivity index (χ2n) is 4.58. The molecule has 0 bridgehead atoms. The highest BCUT2D eigenvalue weighted by atomic mass is 19.1. The van der Waals surface area contributed by atoms with E-state index in [2.05, 4.69) is 5.32 Å². The molecule has 0 saturated carbocycles. The van der Waals surface area contributed by atoms with E-state index < -0.39 is 22.0 Å². The van der Waals surface area contributed by atoms with Crippen LogP contribution in [0.3, 0.4) is 0 Å². The van der Waals surface area contributed by atoms with Gasteiger partial charge in [0, 0.05) is 19.2 Å². The number of nitrogens with one attached hydrogen (secondary N) is 1. The Labute approximate surface area is 111 Å². The van der Waals surface area contributed by atoms with Crippen LogP contribution in [0.15, 0.2) is 18.2 Å². The van der Waals surface area contributed by atoms with Crippen molar-refractivity contribution in [3.63, 3.8) is 0 Å². The molecule has 0 atom stereocenters. The molecular weight excluding hydrogens is 251 g/mol. The van der Waals surface area contributed by atoms with Crippen LogP contribution in [0.1, 0.15) is 32.3 Å². The third kappa shape index (κ3) is 4.25. The first-order chi connectivity index (χ1) is 8.91. The van der Waals surface area contributed by atoms with Crippen molar-refractivity contribution in [2.75, 3.05) is 6.54 Å². The quantitative estimate of drug-likeness (QED) is 0.589. The van der Waals surface area contributed by atoms with Gasteiger partial charge in [-0.1, -0.05) is 19.9 Å². The van der Waals surface area contributed by atoms with Gasteiger partial charge in [0.15, 0.2) is 0 Å². The molecule has 0 aliphatic heterocycles. The number of nitro groups is 1. The standard InChI is InChI=1S/C13H19FN2O3/c1-3-13(17,4-2)9-15-8-10-5-6-12(16(18)19)11(14)7-10/h5-7,15,17H,3-4,8-9H2,1-2H3. The Morgan fingerprint density at radius 3 is 2.53 bits per heavy atom. The Morgan fingerprint density at radius 1 is 1.42 bits per heavy atom. The van der Waals surface area contributed by atoms with Crippen LogP contribution in [0.5, 0.6) is 0 Å². The molecule has 0 aromatic heterocycles. The second kappa shape index (κ2) is 6.58. The molecule has 106 valence electrons. The Bertz CT molecular complexity index is 448. The monoisotopic (exact) mass is 270 g/mol. The molecule has 0 unspecified atom stereocenters. The third-order valence-corrected chi connectivity index (χ3v) is 3.31. The highest BCUT2D eigenvalue weighted by molar-refractivity contribution is 5.34. The van der Waals surface area contributed by atoms with Crippen molar-refractivity contribution in [2.24, 2.45) is 0 Å². The second-order valence-corrected chi connectivity index (χ2v) is 4.58. The molecule has 0 radical (unpaired) electrons. The summed E-state index contributed by atoms with van der Waals surface area (Å²) in [5.74, 6) is -0.842. The topological polar surface area (TPSA) is 75.4 Å². The van der Waals surface area contributed by atoms with Crippen LogP contribution in [0.2, 0.25) is 0 Å². The number of hydrogen-bond donors (Lipinski definition) is 2. The summed E-state index contributed by atoms with van der Waals surface area (Å²) in [6, 6.07) is 3.80. The molecule has 5 nitrogen and oxygen atoms in total. The minimum absolute atomic E-state index is 0.358. The number of nitrogens with zero attached hydrogens (tertiary/aromatic N) is 1. The first-order valence-corrected chi connectivity index (χ1v) is 6.27. The molecule has 19 heavy (non-hydrogen) atoms. The van der Waals surface area contributed by atoms with E-state index in [9.17, 15) is 19.6 Å². The number of nitro benzene ring substituents is 1. The first-order valence-electron chi connectivity index (χ1n) is 6.27. The zero-order valence-corrected chi connectivity index (χ0v) is 11.1. The molecule has 2 N–H and O–H groups in total. The van der Waals surface area contributed by atoms with Crippen LogP contribution in [-0.2, 0) is 6.54 Å². The average molecular weight is 270 g/mol. The molecule has 1 aromatic rings. The van der Waals surface area contributed by atoms with E-state index >= 15 is 0 Å². The van der Waals surface area contributed by atoms with Crippen LogP contribution in [-0.4, -0.2) is 22.2 Å². The fourth-order valence-electron chi connectivity index (χ4n) is 1.75. The molecule has 0 spiro atoms. The summed E-state index contributed by atoms with van der Waals surface area (Å²) in [6.07, 6.45) is 1.26. The molecule has 0 fully saturated rings. The van der Waals surface area contributed by atoms with Crippen molar-refractivity contribution in [3.05, 3.63) is 39.7 Å². The number of aliphatic hydroxyl groups is 1. The van der Waals surface area contributed by atoms with Gasteiger partial charge >= 0.3 is 5.69 Å². The van der Waals surface area contributed by atoms with Crippen molar-refractivity contribution in [2.45, 2.75) is 38.8 Å². The molecule has 0 aliphatic carbocycles. The van der Waals surface area contributed by atoms with Crippen LogP contribution >= 0.6 is 0 Å². The van der Waals surface area contributed by atoms with Gasteiger partial charge in [0.05, 0.1) is 10.5 Å². The highest BCUT2D eigenvalue weighted by Crippen LogP contribution is 2.18. The molecule has 6 heteroatoms. The van der Waals surface area contributed by atoms with Crippen LogP contribution in [0.25, 0.3) is 0 Å². The van der Waals surface area contributed by atoms with E-state index in [1.165, 1.54) is 6.07 Å². The molecule has 0 aliphatic rings. The predicted octanol–water partition coefficient (Wildman–Crippen LogP) is 2.37. The summed E-state index contributed by atoms with van der Waals surface area (Å²) < 4.78 is 13.4. The largest absolute Gasteiger partial charge is 0.389 e. The van der Waals surface area contributed by atoms with Gasteiger partial charge in [-0.05, 0) is 24.5 Å². The summed E-state index contributed by atoms with van der Waals surface area (Å²) in [5.41, 5.74) is -0.681. The lowest BCUT2D eigenvalue weighted by Gasteiger charge is -2.25. The summed E-state index contributed by atoms with van der Waals surface area (Å²) in [6.45, 7) is 4.56. The summed E-state index contributed by atoms with van der Waals surface area (Å²) in [5, 5.41) is 23.6. The minimum Gasteiger partial charge on any atom is -0.389 e. The van der Waals surface area contributed by atoms with E-state index in [1.807, 2.05) is 13.8 Å². The van der Waals surface area contributed by atoms with Crippen LogP contribution in [0.4, 0.5) is 10.1 Å². The Balaban J connectivity index is 2.60. The van der Waals surface area contributed by atoms with Gasteiger partial charge < -0.3 is 10.4 Å². The summed E-state index contributed by atoms with van der Waals surface area (Å²) in [4.78, 5) is 9.72. The molecular formula is C13H19FN2O3. The Kier molecular flexibility index (Phi) is 5.38. The van der Waals surface area contributed by atoms with E-state index in [-0.39, 0.29) is 0 Å². The van der Waals surface area contributed by atoms with Gasteiger partial charge in [-0.3, -0.25) is 10.1 Å². The maximum absolute atomic E-state index is 13.4. The van der Waals surface area contributed by atoms with Crippen molar-refractivity contribution in [1.82, 2.24) is 5.32 Å². The number of rotatable bonds is 7. The van der Waals surface area contributed by atoms with E-state index in [0.29, 0.717) is 31.5 Å². The van der Waals surface area contributed by atoms with Gasteiger partial charge in [0.1, 0.15) is 0 Å². The van der Waals surface area contributed by atoms with Gasteiger partial charge in [-0.2, -0.15) is 4.39 Å². The first kappa shape index (κ1) is 15.5. The van der Waals surface area contributed by atoms with Crippen molar-refractivity contribution < 1.29 is 14.4 Å². The number of hydrogen-bond acceptors (Lipinski definition) is 4. The van der Waals surface area contributed by atoms with E-state index in [1.54, 1.807) is 0 Å². The molecule has 0 amide bonds. The molecule has 1 aromatic carbocycles. The van der Waals surface area contributed by atoms with Crippen LogP contribution in [0, 0.1) is 15.9 Å². The number of benzene rings is 1. The maximum atomic E-state index is 13.4. The minimum atomic E-state index is -0.842. The maximum Gasteiger partial charge on any atom is 0.304 e. The normalized spacial score (nSPS) is 11.6. The van der Waals surface area contributed by atoms with Crippen LogP contribution < -0.4 is 5.32 Å². The smallest absolute Gasteiger partial charge is 0.304 e. The lowest BCUT2D eigenvalue weighted by molar-refractivity contribution is -0.387. The lowest BCUT2D eigenvalue weighted by Crippen LogP contribution is -2.39. The SMILES string of the molecule is CCC(O)(CC)CNCc1ccc([N+](=O)[O-])c(F)c1. The van der Waals surface area contributed by atoms with Gasteiger partial charge in [-0.25, -0.2) is 0 Å².